The molecule has 0 aliphatic carbocycles. The summed E-state index contributed by atoms with van der Waals surface area (Å²) in [6.45, 7) is 8.90. The van der Waals surface area contributed by atoms with Crippen molar-refractivity contribution in [1.82, 2.24) is 19.4 Å². The molecule has 1 aliphatic rings. The van der Waals surface area contributed by atoms with Crippen LogP contribution in [0, 0.1) is 12.7 Å². The van der Waals surface area contributed by atoms with Gasteiger partial charge in [-0.05, 0) is 69.1 Å². The van der Waals surface area contributed by atoms with Gasteiger partial charge in [-0.25, -0.2) is 9.37 Å². The molecule has 1 saturated heterocycles. The number of likely N-dealkylation sites (tertiary alicyclic amines) is 1. The molecule has 8 heteroatoms. The maximum Gasteiger partial charge on any atom is 0.261 e. The molecule has 0 amide bonds. The van der Waals surface area contributed by atoms with Gasteiger partial charge in [0, 0.05) is 41.4 Å². The second-order valence-electron chi connectivity index (χ2n) is 9.90. The maximum atomic E-state index is 13.5. The Hall–Kier alpha value is -4.04. The predicted molar refractivity (Wildman–Crippen MR) is 154 cm³/mol. The minimum Gasteiger partial charge on any atom is -0.485 e. The highest BCUT2D eigenvalue weighted by Crippen LogP contribution is 2.32. The first-order chi connectivity index (χ1) is 19.6. The SMILES string of the molecule is CC.Cc1nc2c(OCc3ccccc3)cccn2c(=O)c1CCN1CCC(c2noc3cc(F)ccc23)CC1. The molecule has 1 fully saturated rings. The number of hydrogen-bond acceptors (Lipinski definition) is 6. The third kappa shape index (κ3) is 5.77. The number of fused-ring (bicyclic) bond motifs is 2. The first-order valence-corrected chi connectivity index (χ1v) is 14.0. The normalized spacial score (nSPS) is 14.3. The van der Waals surface area contributed by atoms with Crippen LogP contribution in [0.1, 0.15) is 55.1 Å². The Morgan fingerprint density at radius 1 is 1.05 bits per heavy atom. The summed E-state index contributed by atoms with van der Waals surface area (Å²) in [7, 11) is 0. The molecule has 4 heterocycles. The van der Waals surface area contributed by atoms with E-state index in [1.807, 2.05) is 63.2 Å². The number of halogens is 1. The Balaban J connectivity index is 0.00000158. The van der Waals surface area contributed by atoms with Gasteiger partial charge in [0.05, 0.1) is 5.69 Å². The zero-order valence-electron chi connectivity index (χ0n) is 23.3. The average Bonchev–Trinajstić information content (AvgIpc) is 3.41. The number of nitrogens with zero attached hydrogens (tertiary/aromatic N) is 4. The quantitative estimate of drug-likeness (QED) is 0.240. The molecule has 0 saturated carbocycles. The van der Waals surface area contributed by atoms with Crippen LogP contribution in [-0.4, -0.2) is 39.1 Å². The van der Waals surface area contributed by atoms with Gasteiger partial charge >= 0.3 is 0 Å². The molecule has 0 bridgehead atoms. The summed E-state index contributed by atoms with van der Waals surface area (Å²) in [6, 6.07) is 18.2. The van der Waals surface area contributed by atoms with Crippen LogP contribution in [0.25, 0.3) is 16.6 Å². The van der Waals surface area contributed by atoms with E-state index >= 15 is 0 Å². The lowest BCUT2D eigenvalue weighted by Crippen LogP contribution is -2.35. The Kier molecular flexibility index (Phi) is 8.55. The minimum atomic E-state index is -0.319. The summed E-state index contributed by atoms with van der Waals surface area (Å²) >= 11 is 0. The van der Waals surface area contributed by atoms with Crippen LogP contribution in [0.2, 0.25) is 0 Å². The molecule has 5 aromatic rings. The third-order valence-corrected chi connectivity index (χ3v) is 7.47. The fourth-order valence-corrected chi connectivity index (χ4v) is 5.34. The van der Waals surface area contributed by atoms with Gasteiger partial charge in [-0.2, -0.15) is 0 Å². The summed E-state index contributed by atoms with van der Waals surface area (Å²) in [5, 5.41) is 5.14. The molecule has 0 spiro atoms. The molecule has 0 N–H and O–H groups in total. The fraction of sp³-hybridized carbons (Fsp3) is 0.344. The van der Waals surface area contributed by atoms with E-state index in [0.29, 0.717) is 30.0 Å². The fourth-order valence-electron chi connectivity index (χ4n) is 5.34. The highest BCUT2D eigenvalue weighted by Gasteiger charge is 2.25. The molecular formula is C32H35FN4O3. The molecule has 6 rings (SSSR count). The third-order valence-electron chi connectivity index (χ3n) is 7.47. The molecule has 2 aromatic carbocycles. The van der Waals surface area contributed by atoms with Crippen LogP contribution >= 0.6 is 0 Å². The van der Waals surface area contributed by atoms with Crippen molar-refractivity contribution in [1.29, 1.82) is 0 Å². The first-order valence-electron chi connectivity index (χ1n) is 14.0. The van der Waals surface area contributed by atoms with Gasteiger partial charge < -0.3 is 14.2 Å². The molecule has 0 radical (unpaired) electrons. The van der Waals surface area contributed by atoms with E-state index in [0.717, 1.165) is 60.4 Å². The van der Waals surface area contributed by atoms with E-state index in [2.05, 4.69) is 10.1 Å². The van der Waals surface area contributed by atoms with E-state index in [1.54, 1.807) is 16.7 Å². The summed E-state index contributed by atoms with van der Waals surface area (Å²) in [5.41, 5.74) is 4.42. The molecule has 3 aromatic heterocycles. The van der Waals surface area contributed by atoms with E-state index in [9.17, 15) is 9.18 Å². The van der Waals surface area contributed by atoms with Crippen LogP contribution < -0.4 is 10.3 Å². The molecule has 40 heavy (non-hydrogen) atoms. The Labute approximate surface area is 233 Å². The highest BCUT2D eigenvalue weighted by atomic mass is 19.1. The van der Waals surface area contributed by atoms with Crippen molar-refractivity contribution in [3.05, 3.63) is 106 Å². The number of hydrogen-bond donors (Lipinski definition) is 0. The monoisotopic (exact) mass is 542 g/mol. The molecule has 0 atom stereocenters. The molecular weight excluding hydrogens is 507 g/mol. The summed E-state index contributed by atoms with van der Waals surface area (Å²) in [4.78, 5) is 20.6. The van der Waals surface area contributed by atoms with Crippen molar-refractivity contribution in [3.63, 3.8) is 0 Å². The summed E-state index contributed by atoms with van der Waals surface area (Å²) in [5.74, 6) is 0.551. The lowest BCUT2D eigenvalue weighted by atomic mass is 9.91. The zero-order chi connectivity index (χ0) is 28.1. The number of rotatable bonds is 7. The van der Waals surface area contributed by atoms with Crippen LogP contribution in [0.3, 0.4) is 0 Å². The van der Waals surface area contributed by atoms with Crippen molar-refractivity contribution in [2.75, 3.05) is 19.6 Å². The summed E-state index contributed by atoms with van der Waals surface area (Å²) in [6.07, 6.45) is 4.26. The lowest BCUT2D eigenvalue weighted by Gasteiger charge is -2.31. The standard InChI is InChI=1S/C30H29FN4O3.C2H6/c1-20-24(30(36)35-14-5-8-26(29(35)32-20)37-19-21-6-3-2-4-7-21)13-17-34-15-11-22(12-16-34)28-25-10-9-23(31)18-27(25)38-33-28;1-2/h2-10,14,18,22H,11-13,15-17,19H2,1H3;1-2H3. The van der Waals surface area contributed by atoms with Crippen molar-refractivity contribution in [2.24, 2.45) is 0 Å². The van der Waals surface area contributed by atoms with Gasteiger partial charge in [0.1, 0.15) is 12.4 Å². The number of benzene rings is 2. The minimum absolute atomic E-state index is 0.0474. The van der Waals surface area contributed by atoms with Gasteiger partial charge in [0.25, 0.3) is 5.56 Å². The number of aromatic nitrogens is 3. The van der Waals surface area contributed by atoms with Gasteiger partial charge in [-0.15, -0.1) is 0 Å². The molecule has 7 nitrogen and oxygen atoms in total. The number of aryl methyl sites for hydroxylation is 1. The van der Waals surface area contributed by atoms with Gasteiger partial charge in [-0.3, -0.25) is 9.20 Å². The maximum absolute atomic E-state index is 13.5. The van der Waals surface area contributed by atoms with Crippen molar-refractivity contribution >= 4 is 16.6 Å². The van der Waals surface area contributed by atoms with Gasteiger partial charge in [0.15, 0.2) is 17.0 Å². The van der Waals surface area contributed by atoms with Gasteiger partial charge in [0.2, 0.25) is 0 Å². The topological polar surface area (TPSA) is 72.9 Å². The van der Waals surface area contributed by atoms with Crippen molar-refractivity contribution < 1.29 is 13.7 Å². The zero-order valence-corrected chi connectivity index (χ0v) is 23.3. The van der Waals surface area contributed by atoms with E-state index in [4.69, 9.17) is 14.2 Å². The predicted octanol–water partition coefficient (Wildman–Crippen LogP) is 6.31. The smallest absolute Gasteiger partial charge is 0.261 e. The Morgan fingerprint density at radius 3 is 2.60 bits per heavy atom. The molecule has 0 unspecified atom stereocenters. The number of ether oxygens (including phenoxy) is 1. The van der Waals surface area contributed by atoms with Crippen molar-refractivity contribution in [3.8, 4) is 5.75 Å². The van der Waals surface area contributed by atoms with Crippen LogP contribution in [0.4, 0.5) is 4.39 Å². The number of piperidine rings is 1. The highest BCUT2D eigenvalue weighted by molar-refractivity contribution is 5.79. The van der Waals surface area contributed by atoms with Gasteiger partial charge in [-0.1, -0.05) is 49.3 Å². The largest absolute Gasteiger partial charge is 0.485 e. The van der Waals surface area contributed by atoms with E-state index < -0.39 is 0 Å². The first kappa shape index (κ1) is 27.5. The second kappa shape index (κ2) is 12.4. The van der Waals surface area contributed by atoms with Crippen LogP contribution in [0.15, 0.2) is 76.2 Å². The number of pyridine rings is 1. The van der Waals surface area contributed by atoms with Crippen LogP contribution in [0.5, 0.6) is 5.75 Å². The Morgan fingerprint density at radius 2 is 1.82 bits per heavy atom. The average molecular weight is 543 g/mol. The van der Waals surface area contributed by atoms with Crippen LogP contribution in [-0.2, 0) is 13.0 Å². The summed E-state index contributed by atoms with van der Waals surface area (Å²) < 4.78 is 26.5. The lowest BCUT2D eigenvalue weighted by molar-refractivity contribution is 0.211. The van der Waals surface area contributed by atoms with E-state index in [-0.39, 0.29) is 17.3 Å². The van der Waals surface area contributed by atoms with Crippen molar-refractivity contribution in [2.45, 2.75) is 52.6 Å². The second-order valence-corrected chi connectivity index (χ2v) is 9.90. The Bertz CT molecular complexity index is 1640. The van der Waals surface area contributed by atoms with E-state index in [1.165, 1.54) is 12.1 Å². The molecule has 1 aliphatic heterocycles. The molecule has 208 valence electrons.